The molecule has 0 aromatic heterocycles. The summed E-state index contributed by atoms with van der Waals surface area (Å²) >= 11 is 0. The average molecular weight is 324 g/mol. The van der Waals surface area contributed by atoms with Crippen molar-refractivity contribution in [2.75, 3.05) is 13.2 Å². The minimum absolute atomic E-state index is 0.100. The Morgan fingerprint density at radius 3 is 2.65 bits per heavy atom. The molecule has 1 N–H and O–H groups in total. The minimum Gasteiger partial charge on any atom is -0.450 e. The highest BCUT2D eigenvalue weighted by atomic mass is 16.6. The van der Waals surface area contributed by atoms with Gasteiger partial charge < -0.3 is 10.1 Å². The maximum atomic E-state index is 12.9. The van der Waals surface area contributed by atoms with Gasteiger partial charge in [-0.25, -0.2) is 4.79 Å². The monoisotopic (exact) mass is 324 g/mol. The zero-order valence-electron chi connectivity index (χ0n) is 14.8. The molecule has 2 fully saturated rings. The zero-order valence-corrected chi connectivity index (χ0v) is 14.8. The van der Waals surface area contributed by atoms with Crippen LogP contribution in [-0.2, 0) is 9.53 Å². The molecule has 1 saturated heterocycles. The first-order valence-electron chi connectivity index (χ1n) is 9.31. The summed E-state index contributed by atoms with van der Waals surface area (Å²) < 4.78 is 5.14. The number of carbonyl (C=O) groups is 2. The molecule has 0 bridgehead atoms. The van der Waals surface area contributed by atoms with E-state index >= 15 is 0 Å². The summed E-state index contributed by atoms with van der Waals surface area (Å²) in [6.45, 7) is 6.65. The number of nitrogens with one attached hydrogen (secondary N) is 1. The Morgan fingerprint density at radius 2 is 2.00 bits per heavy atom. The van der Waals surface area contributed by atoms with Crippen LogP contribution in [0.25, 0.3) is 0 Å². The standard InChI is InChI=1S/C18H32N2O3/c1-4-6-11-20(18(22)23-5-2)13(3)17(21)16-12-14-9-7-8-10-15(14)19-16/h13-16,19H,4-12H2,1-3H3/t13?,14-,15-,16-/m0/s1. The molecule has 1 saturated carbocycles. The fraction of sp³-hybridized carbons (Fsp3) is 0.889. The number of amides is 1. The van der Waals surface area contributed by atoms with E-state index in [4.69, 9.17) is 4.74 Å². The number of unbranched alkanes of at least 4 members (excludes halogenated alkanes) is 1. The van der Waals surface area contributed by atoms with E-state index in [0.717, 1.165) is 19.3 Å². The third-order valence-electron chi connectivity index (χ3n) is 5.34. The smallest absolute Gasteiger partial charge is 0.410 e. The van der Waals surface area contributed by atoms with Crippen molar-refractivity contribution in [1.29, 1.82) is 0 Å². The fourth-order valence-corrected chi connectivity index (χ4v) is 3.96. The van der Waals surface area contributed by atoms with Crippen LogP contribution in [0.4, 0.5) is 4.79 Å². The molecule has 0 radical (unpaired) electrons. The zero-order chi connectivity index (χ0) is 16.8. The van der Waals surface area contributed by atoms with Crippen molar-refractivity contribution in [2.24, 2.45) is 5.92 Å². The van der Waals surface area contributed by atoms with Gasteiger partial charge in [-0.3, -0.25) is 9.69 Å². The molecule has 0 aromatic carbocycles. The van der Waals surface area contributed by atoms with Crippen LogP contribution in [0.1, 0.15) is 65.7 Å². The van der Waals surface area contributed by atoms with Gasteiger partial charge in [-0.2, -0.15) is 0 Å². The van der Waals surface area contributed by atoms with Crippen molar-refractivity contribution in [3.63, 3.8) is 0 Å². The molecule has 4 atom stereocenters. The molecule has 2 aliphatic rings. The van der Waals surface area contributed by atoms with Crippen molar-refractivity contribution < 1.29 is 14.3 Å². The second-order valence-corrected chi connectivity index (χ2v) is 6.93. The minimum atomic E-state index is -0.418. The van der Waals surface area contributed by atoms with Gasteiger partial charge in [-0.15, -0.1) is 0 Å². The van der Waals surface area contributed by atoms with Gasteiger partial charge in [0, 0.05) is 12.6 Å². The van der Waals surface area contributed by atoms with Gasteiger partial charge in [0.15, 0.2) is 5.78 Å². The van der Waals surface area contributed by atoms with Crippen LogP contribution in [0.15, 0.2) is 0 Å². The van der Waals surface area contributed by atoms with E-state index in [1.165, 1.54) is 25.7 Å². The van der Waals surface area contributed by atoms with Crippen molar-refractivity contribution in [1.82, 2.24) is 10.2 Å². The van der Waals surface area contributed by atoms with Gasteiger partial charge in [-0.05, 0) is 45.4 Å². The van der Waals surface area contributed by atoms with E-state index in [0.29, 0.717) is 25.1 Å². The number of carbonyl (C=O) groups excluding carboxylic acids is 2. The van der Waals surface area contributed by atoms with Crippen LogP contribution in [0.5, 0.6) is 0 Å². The Bertz CT molecular complexity index is 399. The molecule has 1 aliphatic heterocycles. The molecule has 0 spiro atoms. The predicted molar refractivity (Wildman–Crippen MR) is 90.4 cm³/mol. The van der Waals surface area contributed by atoms with Gasteiger partial charge in [-0.1, -0.05) is 26.2 Å². The summed E-state index contributed by atoms with van der Waals surface area (Å²) in [6, 6.07) is -0.0218. The number of hydrogen-bond donors (Lipinski definition) is 1. The topological polar surface area (TPSA) is 58.6 Å². The van der Waals surface area contributed by atoms with E-state index in [1.54, 1.807) is 11.8 Å². The highest BCUT2D eigenvalue weighted by Gasteiger charge is 2.41. The van der Waals surface area contributed by atoms with E-state index in [-0.39, 0.29) is 17.9 Å². The highest BCUT2D eigenvalue weighted by Crippen LogP contribution is 2.34. The Balaban J connectivity index is 1.98. The normalized spacial score (nSPS) is 28.0. The lowest BCUT2D eigenvalue weighted by atomic mass is 9.84. The third-order valence-corrected chi connectivity index (χ3v) is 5.34. The third kappa shape index (κ3) is 4.46. The lowest BCUT2D eigenvalue weighted by Gasteiger charge is -2.29. The van der Waals surface area contributed by atoms with Crippen molar-refractivity contribution >= 4 is 11.9 Å². The molecule has 5 nitrogen and oxygen atoms in total. The average Bonchev–Trinajstić information content (AvgIpc) is 2.98. The van der Waals surface area contributed by atoms with Crippen LogP contribution in [-0.4, -0.2) is 48.1 Å². The highest BCUT2D eigenvalue weighted by molar-refractivity contribution is 5.91. The second kappa shape index (κ2) is 8.67. The largest absolute Gasteiger partial charge is 0.450 e. The summed E-state index contributed by atoms with van der Waals surface area (Å²) in [4.78, 5) is 26.7. The van der Waals surface area contributed by atoms with Crippen LogP contribution < -0.4 is 5.32 Å². The Labute approximate surface area is 140 Å². The molecular formula is C18H32N2O3. The molecular weight excluding hydrogens is 292 g/mol. The summed E-state index contributed by atoms with van der Waals surface area (Å²) in [7, 11) is 0. The van der Waals surface area contributed by atoms with Crippen LogP contribution in [0.3, 0.4) is 0 Å². The van der Waals surface area contributed by atoms with E-state index in [2.05, 4.69) is 12.2 Å². The maximum absolute atomic E-state index is 12.9. The number of fused-ring (bicyclic) bond motifs is 1. The lowest BCUT2D eigenvalue weighted by Crippen LogP contribution is -2.50. The summed E-state index contributed by atoms with van der Waals surface area (Å²) in [6.07, 6.45) is 7.40. The number of hydrogen-bond acceptors (Lipinski definition) is 4. The quantitative estimate of drug-likeness (QED) is 0.781. The molecule has 132 valence electrons. The Morgan fingerprint density at radius 1 is 1.26 bits per heavy atom. The first-order chi connectivity index (χ1) is 11.1. The number of Topliss-reactive ketones (excluding diaryl/α,β-unsaturated/α-hetero) is 1. The van der Waals surface area contributed by atoms with Crippen LogP contribution >= 0.6 is 0 Å². The number of nitrogens with zero attached hydrogens (tertiary/aromatic N) is 1. The second-order valence-electron chi connectivity index (χ2n) is 6.93. The molecule has 1 unspecified atom stereocenters. The molecule has 1 heterocycles. The first kappa shape index (κ1) is 18.2. The van der Waals surface area contributed by atoms with E-state index < -0.39 is 6.04 Å². The lowest BCUT2D eigenvalue weighted by molar-refractivity contribution is -0.125. The Hall–Kier alpha value is -1.10. The van der Waals surface area contributed by atoms with Gasteiger partial charge in [0.05, 0.1) is 18.7 Å². The molecule has 2 rings (SSSR count). The summed E-state index contributed by atoms with van der Waals surface area (Å²) in [5.41, 5.74) is 0. The number of ketones is 1. The Kier molecular flexibility index (Phi) is 6.88. The van der Waals surface area contributed by atoms with E-state index in [1.807, 2.05) is 6.92 Å². The first-order valence-corrected chi connectivity index (χ1v) is 9.31. The van der Waals surface area contributed by atoms with Gasteiger partial charge in [0.25, 0.3) is 0 Å². The molecule has 5 heteroatoms. The molecule has 1 amide bonds. The van der Waals surface area contributed by atoms with Crippen LogP contribution in [0.2, 0.25) is 0 Å². The fourth-order valence-electron chi connectivity index (χ4n) is 3.96. The molecule has 23 heavy (non-hydrogen) atoms. The van der Waals surface area contributed by atoms with Gasteiger partial charge >= 0.3 is 6.09 Å². The summed E-state index contributed by atoms with van der Waals surface area (Å²) in [5, 5.41) is 3.53. The molecule has 1 aliphatic carbocycles. The maximum Gasteiger partial charge on any atom is 0.410 e. The summed E-state index contributed by atoms with van der Waals surface area (Å²) in [5.74, 6) is 0.778. The van der Waals surface area contributed by atoms with E-state index in [9.17, 15) is 9.59 Å². The molecule has 0 aromatic rings. The van der Waals surface area contributed by atoms with Gasteiger partial charge in [0.2, 0.25) is 0 Å². The van der Waals surface area contributed by atoms with Crippen molar-refractivity contribution in [3.05, 3.63) is 0 Å². The van der Waals surface area contributed by atoms with Crippen LogP contribution in [0, 0.1) is 5.92 Å². The number of ether oxygens (including phenoxy) is 1. The number of rotatable bonds is 7. The predicted octanol–water partition coefficient (Wildman–Crippen LogP) is 3.12. The van der Waals surface area contributed by atoms with Gasteiger partial charge in [0.1, 0.15) is 0 Å². The SMILES string of the molecule is CCCCN(C(=O)OCC)C(C)C(=O)[C@@H]1C[C@@H]2CCCC[C@@H]2N1. The van der Waals surface area contributed by atoms with Crippen molar-refractivity contribution in [3.8, 4) is 0 Å². The van der Waals surface area contributed by atoms with Crippen molar-refractivity contribution in [2.45, 2.75) is 83.8 Å².